The number of fused-ring (bicyclic) bond motifs is 3. The smallest absolute Gasteiger partial charge is 0.475 e. The highest BCUT2D eigenvalue weighted by molar-refractivity contribution is 9.10. The number of aryl methyl sites for hydroxylation is 1. The van der Waals surface area contributed by atoms with E-state index < -0.39 is 12.1 Å². The molecule has 0 saturated carbocycles. The Hall–Kier alpha value is -2.94. The van der Waals surface area contributed by atoms with Crippen molar-refractivity contribution >= 4 is 44.2 Å². The highest BCUT2D eigenvalue weighted by Crippen LogP contribution is 2.42. The van der Waals surface area contributed by atoms with Gasteiger partial charge in [0, 0.05) is 29.0 Å². The molecule has 1 heterocycles. The molecule has 4 nitrogen and oxygen atoms in total. The van der Waals surface area contributed by atoms with Gasteiger partial charge in [-0.25, -0.2) is 9.18 Å². The normalized spacial score (nSPS) is 15.1. The molecule has 0 fully saturated rings. The standard InChI is InChI=1S/C22H20BrFN2.C2HF3O2/c1-14-13-26(21(25)12-7-15-5-8-16(24)9-6-15)20-11-10-17-18(22(14)20)3-2-4-19(17)23;3-2(4,5)1(6)7/h2-6,8-11,14,25H,7,12-13H2,1H3;(H,6,7). The van der Waals surface area contributed by atoms with E-state index in [1.807, 2.05) is 0 Å². The molecular weight excluding hydrogens is 504 g/mol. The summed E-state index contributed by atoms with van der Waals surface area (Å²) in [6, 6.07) is 17.1. The van der Waals surface area contributed by atoms with Crippen LogP contribution in [-0.4, -0.2) is 29.6 Å². The number of amidine groups is 1. The van der Waals surface area contributed by atoms with Crippen LogP contribution in [0.25, 0.3) is 10.8 Å². The summed E-state index contributed by atoms with van der Waals surface area (Å²) in [4.78, 5) is 11.0. The lowest BCUT2D eigenvalue weighted by atomic mass is 9.96. The number of anilines is 1. The van der Waals surface area contributed by atoms with Crippen LogP contribution in [0, 0.1) is 11.2 Å². The second-order valence-electron chi connectivity index (χ2n) is 7.72. The second-order valence-corrected chi connectivity index (χ2v) is 8.58. The van der Waals surface area contributed by atoms with Crippen LogP contribution in [0.3, 0.4) is 0 Å². The number of benzene rings is 3. The lowest BCUT2D eigenvalue weighted by Gasteiger charge is -2.21. The summed E-state index contributed by atoms with van der Waals surface area (Å²) in [5, 5.41) is 18.2. The van der Waals surface area contributed by atoms with Gasteiger partial charge in [0.25, 0.3) is 0 Å². The van der Waals surface area contributed by atoms with Crippen molar-refractivity contribution in [3.05, 3.63) is 76.0 Å². The van der Waals surface area contributed by atoms with E-state index in [0.29, 0.717) is 18.2 Å². The highest BCUT2D eigenvalue weighted by atomic mass is 79.9. The molecule has 9 heteroatoms. The average Bonchev–Trinajstić information content (AvgIpc) is 3.10. The maximum absolute atomic E-state index is 13.0. The van der Waals surface area contributed by atoms with E-state index in [2.05, 4.69) is 58.1 Å². The summed E-state index contributed by atoms with van der Waals surface area (Å²) in [5.41, 5.74) is 3.54. The zero-order chi connectivity index (χ0) is 24.3. The van der Waals surface area contributed by atoms with Gasteiger partial charge in [-0.05, 0) is 52.6 Å². The first-order valence-electron chi connectivity index (χ1n) is 10.1. The van der Waals surface area contributed by atoms with Gasteiger partial charge in [0.1, 0.15) is 11.7 Å². The molecule has 0 radical (unpaired) electrons. The quantitative estimate of drug-likeness (QED) is 0.222. The van der Waals surface area contributed by atoms with Gasteiger partial charge in [-0.3, -0.25) is 5.41 Å². The molecule has 1 atom stereocenters. The Morgan fingerprint density at radius 3 is 2.36 bits per heavy atom. The summed E-state index contributed by atoms with van der Waals surface area (Å²) in [5.74, 6) is -1.97. The van der Waals surface area contributed by atoms with Crippen molar-refractivity contribution in [3.8, 4) is 0 Å². The fraction of sp³-hybridized carbons (Fsp3) is 0.250. The molecule has 3 aromatic carbocycles. The zero-order valence-electron chi connectivity index (χ0n) is 17.6. The molecule has 0 bridgehead atoms. The number of halogens is 5. The van der Waals surface area contributed by atoms with Gasteiger partial charge < -0.3 is 10.0 Å². The molecule has 0 amide bonds. The maximum atomic E-state index is 13.0. The number of rotatable bonds is 3. The van der Waals surface area contributed by atoms with E-state index in [9.17, 15) is 17.6 Å². The van der Waals surface area contributed by atoms with Gasteiger partial charge >= 0.3 is 12.1 Å². The van der Waals surface area contributed by atoms with Crippen LogP contribution in [0.1, 0.15) is 30.4 Å². The van der Waals surface area contributed by atoms with Crippen molar-refractivity contribution in [2.75, 3.05) is 11.4 Å². The third-order valence-electron chi connectivity index (χ3n) is 5.40. The first kappa shape index (κ1) is 24.7. The van der Waals surface area contributed by atoms with Crippen molar-refractivity contribution in [2.24, 2.45) is 0 Å². The topological polar surface area (TPSA) is 64.4 Å². The van der Waals surface area contributed by atoms with Gasteiger partial charge in [-0.2, -0.15) is 13.2 Å². The number of carboxylic acids is 1. The molecule has 2 N–H and O–H groups in total. The SMILES string of the molecule is CC1CN(C(=N)CCc2ccc(F)cc2)c2ccc3c(Br)cccc3c21.O=C(O)C(F)(F)F. The number of carbonyl (C=O) groups is 1. The predicted molar refractivity (Wildman–Crippen MR) is 124 cm³/mol. The van der Waals surface area contributed by atoms with E-state index in [1.54, 1.807) is 12.1 Å². The summed E-state index contributed by atoms with van der Waals surface area (Å²) in [6.07, 6.45) is -3.69. The van der Waals surface area contributed by atoms with Gasteiger partial charge in [0.05, 0.1) is 0 Å². The lowest BCUT2D eigenvalue weighted by molar-refractivity contribution is -0.192. The molecule has 174 valence electrons. The summed E-state index contributed by atoms with van der Waals surface area (Å²) < 4.78 is 45.9. The fourth-order valence-electron chi connectivity index (χ4n) is 3.85. The van der Waals surface area contributed by atoms with Crippen LogP contribution in [-0.2, 0) is 11.2 Å². The first-order valence-corrected chi connectivity index (χ1v) is 10.9. The number of hydrogen-bond donors (Lipinski definition) is 2. The van der Waals surface area contributed by atoms with E-state index in [4.69, 9.17) is 15.3 Å². The van der Waals surface area contributed by atoms with E-state index in [1.165, 1.54) is 28.5 Å². The van der Waals surface area contributed by atoms with Crippen LogP contribution >= 0.6 is 15.9 Å². The minimum atomic E-state index is -5.08. The minimum Gasteiger partial charge on any atom is -0.475 e. The Morgan fingerprint density at radius 1 is 1.12 bits per heavy atom. The van der Waals surface area contributed by atoms with Gasteiger partial charge in [-0.1, -0.05) is 53.2 Å². The third kappa shape index (κ3) is 5.71. The average molecular weight is 525 g/mol. The molecular formula is C24H21BrF4N2O2. The number of nitrogens with one attached hydrogen (secondary N) is 1. The van der Waals surface area contributed by atoms with Crippen LogP contribution in [0.4, 0.5) is 23.2 Å². The number of hydrogen-bond acceptors (Lipinski definition) is 2. The molecule has 0 saturated heterocycles. The van der Waals surface area contributed by atoms with Crippen molar-refractivity contribution < 1.29 is 27.5 Å². The fourth-order valence-corrected chi connectivity index (χ4v) is 4.35. The van der Waals surface area contributed by atoms with E-state index >= 15 is 0 Å². The lowest BCUT2D eigenvalue weighted by Crippen LogP contribution is -2.29. The van der Waals surface area contributed by atoms with Gasteiger partial charge in [-0.15, -0.1) is 0 Å². The van der Waals surface area contributed by atoms with Gasteiger partial charge in [0.15, 0.2) is 0 Å². The van der Waals surface area contributed by atoms with Crippen LogP contribution in [0.15, 0.2) is 59.1 Å². The number of carboxylic acid groups (broad SMARTS) is 1. The summed E-state index contributed by atoms with van der Waals surface area (Å²) in [7, 11) is 0. The molecule has 1 unspecified atom stereocenters. The maximum Gasteiger partial charge on any atom is 0.490 e. The Morgan fingerprint density at radius 2 is 1.76 bits per heavy atom. The molecule has 3 aromatic rings. The van der Waals surface area contributed by atoms with Crippen molar-refractivity contribution in [1.29, 1.82) is 5.41 Å². The third-order valence-corrected chi connectivity index (χ3v) is 6.09. The van der Waals surface area contributed by atoms with E-state index in [0.717, 1.165) is 28.7 Å². The first-order chi connectivity index (χ1) is 15.5. The predicted octanol–water partition coefficient (Wildman–Crippen LogP) is 6.91. The molecule has 1 aliphatic rings. The zero-order valence-corrected chi connectivity index (χ0v) is 19.2. The molecule has 1 aliphatic heterocycles. The van der Waals surface area contributed by atoms with E-state index in [-0.39, 0.29) is 5.82 Å². The minimum absolute atomic E-state index is 0.218. The van der Waals surface area contributed by atoms with Gasteiger partial charge in [0.2, 0.25) is 0 Å². The Balaban J connectivity index is 0.000000383. The van der Waals surface area contributed by atoms with Crippen molar-refractivity contribution in [3.63, 3.8) is 0 Å². The molecule has 0 aliphatic carbocycles. The molecule has 4 rings (SSSR count). The van der Waals surface area contributed by atoms with Crippen LogP contribution in [0.5, 0.6) is 0 Å². The molecule has 0 aromatic heterocycles. The second kappa shape index (κ2) is 9.91. The molecule has 0 spiro atoms. The van der Waals surface area contributed by atoms with Crippen LogP contribution in [0.2, 0.25) is 0 Å². The van der Waals surface area contributed by atoms with Crippen LogP contribution < -0.4 is 4.90 Å². The largest absolute Gasteiger partial charge is 0.490 e. The Bertz CT molecular complexity index is 1180. The summed E-state index contributed by atoms with van der Waals surface area (Å²) >= 11 is 3.64. The van der Waals surface area contributed by atoms with Crippen molar-refractivity contribution in [1.82, 2.24) is 0 Å². The number of aliphatic carboxylic acids is 1. The Labute approximate surface area is 196 Å². The Kier molecular flexibility index (Phi) is 7.41. The summed E-state index contributed by atoms with van der Waals surface area (Å²) in [6.45, 7) is 3.07. The number of nitrogens with zero attached hydrogens (tertiary/aromatic N) is 1. The number of alkyl halides is 3. The van der Waals surface area contributed by atoms with Crippen molar-refractivity contribution in [2.45, 2.75) is 31.9 Å². The monoisotopic (exact) mass is 524 g/mol. The highest BCUT2D eigenvalue weighted by Gasteiger charge is 2.38. The molecule has 33 heavy (non-hydrogen) atoms.